The van der Waals surface area contributed by atoms with E-state index >= 15 is 0 Å². The van der Waals surface area contributed by atoms with Gasteiger partial charge < -0.3 is 5.32 Å². The molecule has 1 atom stereocenters. The van der Waals surface area contributed by atoms with E-state index in [0.29, 0.717) is 5.56 Å². The van der Waals surface area contributed by atoms with Crippen molar-refractivity contribution in [2.24, 2.45) is 0 Å². The molecule has 0 fully saturated rings. The highest BCUT2D eigenvalue weighted by Gasteiger charge is 2.12. The van der Waals surface area contributed by atoms with Gasteiger partial charge in [0.25, 0.3) is 5.91 Å². The molecule has 0 radical (unpaired) electrons. The Labute approximate surface area is 106 Å². The van der Waals surface area contributed by atoms with Crippen molar-refractivity contribution >= 4 is 5.91 Å². The fraction of sp³-hybridized carbons (Fsp3) is 0.214. The zero-order chi connectivity index (χ0) is 13.0. The van der Waals surface area contributed by atoms with Crippen LogP contribution in [0.2, 0.25) is 0 Å². The van der Waals surface area contributed by atoms with E-state index in [1.54, 1.807) is 24.5 Å². The van der Waals surface area contributed by atoms with Crippen LogP contribution in [-0.2, 0) is 0 Å². The number of hydrogen-bond acceptors (Lipinski definition) is 3. The van der Waals surface area contributed by atoms with Gasteiger partial charge in [-0.05, 0) is 38.1 Å². The number of aryl methyl sites for hydroxylation is 1. The average Bonchev–Trinajstić information content (AvgIpc) is 2.39. The third-order valence-corrected chi connectivity index (χ3v) is 2.64. The molecule has 1 amide bonds. The van der Waals surface area contributed by atoms with Crippen molar-refractivity contribution in [3.05, 3.63) is 59.7 Å². The van der Waals surface area contributed by atoms with Crippen molar-refractivity contribution in [3.63, 3.8) is 0 Å². The standard InChI is InChI=1S/C14H15N3O/c1-10-9-12(6-8-15-10)14(18)17-11(2)13-5-3-4-7-16-13/h3-9,11H,1-2H3,(H,17,18). The van der Waals surface area contributed by atoms with Gasteiger partial charge in [0.1, 0.15) is 0 Å². The summed E-state index contributed by atoms with van der Waals surface area (Å²) < 4.78 is 0. The molecule has 2 heterocycles. The zero-order valence-corrected chi connectivity index (χ0v) is 10.4. The van der Waals surface area contributed by atoms with Gasteiger partial charge in [0, 0.05) is 23.7 Å². The molecule has 0 aliphatic carbocycles. The number of nitrogens with one attached hydrogen (secondary N) is 1. The lowest BCUT2D eigenvalue weighted by Crippen LogP contribution is -2.27. The quantitative estimate of drug-likeness (QED) is 0.896. The molecule has 1 N–H and O–H groups in total. The minimum Gasteiger partial charge on any atom is -0.344 e. The monoisotopic (exact) mass is 241 g/mol. The summed E-state index contributed by atoms with van der Waals surface area (Å²) in [6.07, 6.45) is 3.35. The largest absolute Gasteiger partial charge is 0.344 e. The molecule has 0 aliphatic rings. The van der Waals surface area contributed by atoms with Crippen LogP contribution in [0.3, 0.4) is 0 Å². The third-order valence-electron chi connectivity index (χ3n) is 2.64. The van der Waals surface area contributed by atoms with E-state index in [4.69, 9.17) is 0 Å². The summed E-state index contributed by atoms with van der Waals surface area (Å²) in [5, 5.41) is 2.91. The van der Waals surface area contributed by atoms with Crippen LogP contribution >= 0.6 is 0 Å². The van der Waals surface area contributed by atoms with E-state index in [1.165, 1.54) is 0 Å². The van der Waals surface area contributed by atoms with E-state index in [0.717, 1.165) is 11.4 Å². The molecule has 2 rings (SSSR count). The van der Waals surface area contributed by atoms with E-state index in [-0.39, 0.29) is 11.9 Å². The predicted molar refractivity (Wildman–Crippen MR) is 69.1 cm³/mol. The number of amides is 1. The van der Waals surface area contributed by atoms with Crippen LogP contribution in [0.15, 0.2) is 42.7 Å². The van der Waals surface area contributed by atoms with Crippen LogP contribution in [0.25, 0.3) is 0 Å². The number of rotatable bonds is 3. The Morgan fingerprint density at radius 1 is 1.22 bits per heavy atom. The SMILES string of the molecule is Cc1cc(C(=O)NC(C)c2ccccn2)ccn1. The Hall–Kier alpha value is -2.23. The second kappa shape index (κ2) is 5.40. The molecule has 0 saturated carbocycles. The van der Waals surface area contributed by atoms with E-state index in [2.05, 4.69) is 15.3 Å². The van der Waals surface area contributed by atoms with Crippen LogP contribution in [0.4, 0.5) is 0 Å². The minimum atomic E-state index is -0.118. The summed E-state index contributed by atoms with van der Waals surface area (Å²) in [4.78, 5) is 20.3. The fourth-order valence-electron chi connectivity index (χ4n) is 1.67. The highest BCUT2D eigenvalue weighted by atomic mass is 16.1. The topological polar surface area (TPSA) is 54.9 Å². The van der Waals surface area contributed by atoms with Gasteiger partial charge in [-0.15, -0.1) is 0 Å². The molecule has 2 aromatic rings. The van der Waals surface area contributed by atoms with Gasteiger partial charge in [0.15, 0.2) is 0 Å². The first-order valence-electron chi connectivity index (χ1n) is 5.81. The molecule has 4 nitrogen and oxygen atoms in total. The van der Waals surface area contributed by atoms with E-state index in [1.807, 2.05) is 32.0 Å². The Morgan fingerprint density at radius 2 is 2.06 bits per heavy atom. The fourth-order valence-corrected chi connectivity index (χ4v) is 1.67. The van der Waals surface area contributed by atoms with Crippen LogP contribution in [0.5, 0.6) is 0 Å². The van der Waals surface area contributed by atoms with Crippen LogP contribution in [0.1, 0.15) is 34.7 Å². The smallest absolute Gasteiger partial charge is 0.251 e. The summed E-state index contributed by atoms with van der Waals surface area (Å²) in [5.74, 6) is -0.112. The van der Waals surface area contributed by atoms with E-state index in [9.17, 15) is 4.79 Å². The van der Waals surface area contributed by atoms with Gasteiger partial charge >= 0.3 is 0 Å². The van der Waals surface area contributed by atoms with Gasteiger partial charge in [0.2, 0.25) is 0 Å². The molecular weight excluding hydrogens is 226 g/mol. The molecule has 92 valence electrons. The average molecular weight is 241 g/mol. The third kappa shape index (κ3) is 2.91. The minimum absolute atomic E-state index is 0.112. The number of pyridine rings is 2. The molecule has 0 bridgehead atoms. The second-order valence-electron chi connectivity index (χ2n) is 4.14. The van der Waals surface area contributed by atoms with Crippen molar-refractivity contribution in [3.8, 4) is 0 Å². The second-order valence-corrected chi connectivity index (χ2v) is 4.14. The van der Waals surface area contributed by atoms with E-state index < -0.39 is 0 Å². The summed E-state index contributed by atoms with van der Waals surface area (Å²) >= 11 is 0. The summed E-state index contributed by atoms with van der Waals surface area (Å²) in [7, 11) is 0. The Bertz CT molecular complexity index is 540. The first-order valence-corrected chi connectivity index (χ1v) is 5.81. The lowest BCUT2D eigenvalue weighted by atomic mass is 10.1. The summed E-state index contributed by atoms with van der Waals surface area (Å²) in [5.41, 5.74) is 2.29. The van der Waals surface area contributed by atoms with Gasteiger partial charge in [-0.2, -0.15) is 0 Å². The molecule has 0 spiro atoms. The van der Waals surface area contributed by atoms with Crippen molar-refractivity contribution < 1.29 is 4.79 Å². The normalized spacial score (nSPS) is 11.9. The Morgan fingerprint density at radius 3 is 2.72 bits per heavy atom. The van der Waals surface area contributed by atoms with Crippen LogP contribution < -0.4 is 5.32 Å². The van der Waals surface area contributed by atoms with Gasteiger partial charge in [-0.25, -0.2) is 0 Å². The lowest BCUT2D eigenvalue weighted by Gasteiger charge is -2.13. The lowest BCUT2D eigenvalue weighted by molar-refractivity contribution is 0.0939. The van der Waals surface area contributed by atoms with Crippen molar-refractivity contribution in [2.45, 2.75) is 19.9 Å². The zero-order valence-electron chi connectivity index (χ0n) is 10.4. The van der Waals surface area contributed by atoms with Gasteiger partial charge in [0.05, 0.1) is 11.7 Å². The van der Waals surface area contributed by atoms with Crippen LogP contribution in [0, 0.1) is 6.92 Å². The predicted octanol–water partition coefficient (Wildman–Crippen LogP) is 2.28. The first kappa shape index (κ1) is 12.2. The maximum absolute atomic E-state index is 12.0. The first-order chi connectivity index (χ1) is 8.66. The molecule has 0 saturated heterocycles. The maximum atomic E-state index is 12.0. The number of carbonyl (C=O) groups is 1. The molecule has 4 heteroatoms. The Kier molecular flexibility index (Phi) is 3.67. The number of nitrogens with zero attached hydrogens (tertiary/aromatic N) is 2. The van der Waals surface area contributed by atoms with Crippen LogP contribution in [-0.4, -0.2) is 15.9 Å². The molecule has 0 aromatic carbocycles. The summed E-state index contributed by atoms with van der Waals surface area (Å²) in [6, 6.07) is 9.00. The number of hydrogen-bond donors (Lipinski definition) is 1. The number of carbonyl (C=O) groups excluding carboxylic acids is 1. The highest BCUT2D eigenvalue weighted by molar-refractivity contribution is 5.94. The molecular formula is C14H15N3O. The van der Waals surface area contributed by atoms with Gasteiger partial charge in [-0.3, -0.25) is 14.8 Å². The molecule has 18 heavy (non-hydrogen) atoms. The van der Waals surface area contributed by atoms with Crippen molar-refractivity contribution in [1.82, 2.24) is 15.3 Å². The maximum Gasteiger partial charge on any atom is 0.251 e. The number of aromatic nitrogens is 2. The highest BCUT2D eigenvalue weighted by Crippen LogP contribution is 2.09. The molecule has 2 aromatic heterocycles. The molecule has 1 unspecified atom stereocenters. The Balaban J connectivity index is 2.08. The summed E-state index contributed by atoms with van der Waals surface area (Å²) in [6.45, 7) is 3.77. The van der Waals surface area contributed by atoms with Crippen molar-refractivity contribution in [2.75, 3.05) is 0 Å². The molecule has 0 aliphatic heterocycles. The van der Waals surface area contributed by atoms with Crippen molar-refractivity contribution in [1.29, 1.82) is 0 Å². The van der Waals surface area contributed by atoms with Gasteiger partial charge in [-0.1, -0.05) is 6.07 Å².